The third kappa shape index (κ3) is 3.96. The number of aliphatic carboxylic acids is 2. The van der Waals surface area contributed by atoms with Gasteiger partial charge in [0.25, 0.3) is 0 Å². The van der Waals surface area contributed by atoms with Gasteiger partial charge in [-0.15, -0.1) is 0 Å². The minimum Gasteiger partial charge on any atom is -0.480 e. The summed E-state index contributed by atoms with van der Waals surface area (Å²) in [5.41, 5.74) is -2.39. The number of carboxylic acids is 2. The van der Waals surface area contributed by atoms with E-state index in [4.69, 9.17) is 20.0 Å². The summed E-state index contributed by atoms with van der Waals surface area (Å²) in [6.45, 7) is 1.22. The van der Waals surface area contributed by atoms with Crippen molar-refractivity contribution in [3.63, 3.8) is 0 Å². The van der Waals surface area contributed by atoms with Crippen LogP contribution in [0.3, 0.4) is 0 Å². The van der Waals surface area contributed by atoms with Gasteiger partial charge in [0.1, 0.15) is 0 Å². The largest absolute Gasteiger partial charge is 0.480 e. The molecule has 9 heteroatoms. The van der Waals surface area contributed by atoms with Crippen LogP contribution < -0.4 is 0 Å². The van der Waals surface area contributed by atoms with Crippen molar-refractivity contribution in [2.24, 2.45) is 0 Å². The van der Waals surface area contributed by atoms with Crippen molar-refractivity contribution in [3.8, 4) is 0 Å². The van der Waals surface area contributed by atoms with Crippen LogP contribution in [0.25, 0.3) is 0 Å². The van der Waals surface area contributed by atoms with Crippen LogP contribution in [0.15, 0.2) is 0 Å². The molecule has 0 bridgehead atoms. The maximum absolute atomic E-state index is 10.8. The summed E-state index contributed by atoms with van der Waals surface area (Å²) in [5.74, 6) is -3.64. The minimum absolute atomic E-state index is 0.166. The summed E-state index contributed by atoms with van der Waals surface area (Å²) in [6, 6.07) is 0. The molecular formula is C6H11O8P. The fourth-order valence-corrected chi connectivity index (χ4v) is 1.78. The second-order valence-corrected chi connectivity index (χ2v) is 4.32. The maximum atomic E-state index is 10.8. The molecule has 0 aromatic heterocycles. The average molecular weight is 242 g/mol. The summed E-state index contributed by atoms with van der Waals surface area (Å²) in [4.78, 5) is 38.4. The molecule has 15 heavy (non-hydrogen) atoms. The van der Waals surface area contributed by atoms with Gasteiger partial charge >= 0.3 is 19.5 Å². The SMILES string of the molecule is CCOC(C(=O)O)C(C(=O)O)P(=O)(O)O. The van der Waals surface area contributed by atoms with Gasteiger partial charge < -0.3 is 24.7 Å². The molecule has 2 atom stereocenters. The predicted molar refractivity (Wildman–Crippen MR) is 46.5 cm³/mol. The van der Waals surface area contributed by atoms with Gasteiger partial charge in [0.15, 0.2) is 11.8 Å². The van der Waals surface area contributed by atoms with Crippen molar-refractivity contribution in [3.05, 3.63) is 0 Å². The Morgan fingerprint density at radius 2 is 1.73 bits per heavy atom. The first kappa shape index (κ1) is 14.1. The highest BCUT2D eigenvalue weighted by Gasteiger charge is 2.46. The summed E-state index contributed by atoms with van der Waals surface area (Å²) in [6.07, 6.45) is -2.06. The summed E-state index contributed by atoms with van der Waals surface area (Å²) < 4.78 is 15.2. The van der Waals surface area contributed by atoms with Crippen LogP contribution in [0.4, 0.5) is 0 Å². The first-order chi connectivity index (χ1) is 6.71. The molecule has 0 saturated heterocycles. The van der Waals surface area contributed by atoms with Gasteiger partial charge in [-0.2, -0.15) is 0 Å². The quantitative estimate of drug-likeness (QED) is 0.439. The van der Waals surface area contributed by atoms with Gasteiger partial charge in [-0.05, 0) is 6.92 Å². The second-order valence-electron chi connectivity index (χ2n) is 2.59. The normalized spacial score (nSPS) is 15.7. The van der Waals surface area contributed by atoms with Gasteiger partial charge in [-0.1, -0.05) is 0 Å². The lowest BCUT2D eigenvalue weighted by molar-refractivity contribution is -0.156. The molecule has 88 valence electrons. The number of ether oxygens (including phenoxy) is 1. The Kier molecular flexibility index (Phi) is 4.89. The lowest BCUT2D eigenvalue weighted by atomic mass is 10.2. The molecule has 0 rings (SSSR count). The molecule has 2 unspecified atom stereocenters. The van der Waals surface area contributed by atoms with Crippen molar-refractivity contribution in [1.82, 2.24) is 0 Å². The lowest BCUT2D eigenvalue weighted by Gasteiger charge is -2.20. The molecule has 0 spiro atoms. The van der Waals surface area contributed by atoms with Crippen LogP contribution >= 0.6 is 7.60 Å². The Balaban J connectivity index is 5.11. The Labute approximate surface area is 84.6 Å². The monoisotopic (exact) mass is 242 g/mol. The van der Waals surface area contributed by atoms with Crippen molar-refractivity contribution in [2.75, 3.05) is 6.61 Å². The van der Waals surface area contributed by atoms with Crippen molar-refractivity contribution in [1.29, 1.82) is 0 Å². The van der Waals surface area contributed by atoms with E-state index in [0.717, 1.165) is 0 Å². The number of carboxylic acid groups (broad SMARTS) is 2. The Morgan fingerprint density at radius 1 is 1.27 bits per heavy atom. The minimum atomic E-state index is -5.08. The standard InChI is InChI=1S/C6H11O8P/c1-2-14-3(5(7)8)4(6(9)10)15(11,12)13/h3-4H,2H2,1H3,(H,7,8)(H,9,10)(H2,11,12,13). The van der Waals surface area contributed by atoms with Gasteiger partial charge in [-0.3, -0.25) is 9.36 Å². The third-order valence-corrected chi connectivity index (χ3v) is 2.71. The number of carbonyl (C=O) groups is 2. The van der Waals surface area contributed by atoms with Crippen LogP contribution in [0.1, 0.15) is 6.92 Å². The highest BCUT2D eigenvalue weighted by Crippen LogP contribution is 2.43. The summed E-state index contributed by atoms with van der Waals surface area (Å²) in [7, 11) is -5.08. The van der Waals surface area contributed by atoms with E-state index in [2.05, 4.69) is 4.74 Å². The third-order valence-electron chi connectivity index (χ3n) is 1.49. The molecule has 0 fully saturated rings. The first-order valence-electron chi connectivity index (χ1n) is 3.84. The Bertz CT molecular complexity index is 294. The molecule has 8 nitrogen and oxygen atoms in total. The zero-order valence-electron chi connectivity index (χ0n) is 7.73. The molecule has 0 radical (unpaired) electrons. The molecule has 0 amide bonds. The van der Waals surface area contributed by atoms with Crippen molar-refractivity contribution >= 4 is 19.5 Å². The van der Waals surface area contributed by atoms with E-state index in [1.54, 1.807) is 0 Å². The zero-order valence-corrected chi connectivity index (χ0v) is 8.63. The molecule has 0 aliphatic heterocycles. The van der Waals surface area contributed by atoms with Crippen molar-refractivity contribution < 1.29 is 38.9 Å². The highest BCUT2D eigenvalue weighted by atomic mass is 31.2. The van der Waals surface area contributed by atoms with E-state index in [-0.39, 0.29) is 6.61 Å². The van der Waals surface area contributed by atoms with Gasteiger partial charge in [0, 0.05) is 6.61 Å². The second kappa shape index (κ2) is 5.22. The predicted octanol–water partition coefficient (Wildman–Crippen LogP) is -0.893. The van der Waals surface area contributed by atoms with Crippen LogP contribution in [0, 0.1) is 0 Å². The highest BCUT2D eigenvalue weighted by molar-refractivity contribution is 7.53. The van der Waals surface area contributed by atoms with Gasteiger partial charge in [0.05, 0.1) is 0 Å². The lowest BCUT2D eigenvalue weighted by Crippen LogP contribution is -2.41. The van der Waals surface area contributed by atoms with Crippen molar-refractivity contribution in [2.45, 2.75) is 18.7 Å². The van der Waals surface area contributed by atoms with Crippen LogP contribution in [0.5, 0.6) is 0 Å². The molecule has 0 aliphatic carbocycles. The molecule has 0 aromatic rings. The van der Waals surface area contributed by atoms with E-state index in [1.807, 2.05) is 0 Å². The topological polar surface area (TPSA) is 141 Å². The van der Waals surface area contributed by atoms with Crippen LogP contribution in [0.2, 0.25) is 0 Å². The fourth-order valence-electron chi connectivity index (χ4n) is 0.927. The molecule has 0 aromatic carbocycles. The van der Waals surface area contributed by atoms with Gasteiger partial charge in [0.2, 0.25) is 0 Å². The van der Waals surface area contributed by atoms with Gasteiger partial charge in [-0.25, -0.2) is 4.79 Å². The first-order valence-corrected chi connectivity index (χ1v) is 5.52. The van der Waals surface area contributed by atoms with E-state index < -0.39 is 31.3 Å². The number of rotatable bonds is 6. The fraction of sp³-hybridized carbons (Fsp3) is 0.667. The molecule has 0 saturated carbocycles. The van der Waals surface area contributed by atoms with Crippen LogP contribution in [-0.2, 0) is 18.9 Å². The smallest absolute Gasteiger partial charge is 0.343 e. The molecule has 4 N–H and O–H groups in total. The van der Waals surface area contributed by atoms with E-state index in [1.165, 1.54) is 6.92 Å². The summed E-state index contributed by atoms with van der Waals surface area (Å²) in [5, 5.41) is 17.1. The zero-order chi connectivity index (χ0) is 12.2. The summed E-state index contributed by atoms with van der Waals surface area (Å²) >= 11 is 0. The average Bonchev–Trinajstić information content (AvgIpc) is 1.99. The Morgan fingerprint density at radius 3 is 1.93 bits per heavy atom. The molecule has 0 aliphatic rings. The molecular weight excluding hydrogens is 231 g/mol. The Hall–Kier alpha value is -0.950. The maximum Gasteiger partial charge on any atom is 0.343 e. The number of hydrogen-bond donors (Lipinski definition) is 4. The van der Waals surface area contributed by atoms with E-state index in [9.17, 15) is 14.2 Å². The van der Waals surface area contributed by atoms with Crippen LogP contribution in [-0.4, -0.2) is 50.3 Å². The van der Waals surface area contributed by atoms with E-state index >= 15 is 0 Å². The van der Waals surface area contributed by atoms with E-state index in [0.29, 0.717) is 0 Å². The number of hydrogen-bond acceptors (Lipinski definition) is 4. The molecule has 0 heterocycles.